The first-order valence-electron chi connectivity index (χ1n) is 13.5. The van der Waals surface area contributed by atoms with Crippen molar-refractivity contribution < 1.29 is 31.5 Å². The Bertz CT molecular complexity index is 1690. The van der Waals surface area contributed by atoms with Gasteiger partial charge in [0.1, 0.15) is 17.2 Å². The van der Waals surface area contributed by atoms with Gasteiger partial charge in [-0.15, -0.1) is 10.2 Å². The summed E-state index contributed by atoms with van der Waals surface area (Å²) in [5.41, 5.74) is 0.345. The molecule has 14 nitrogen and oxygen atoms in total. The van der Waals surface area contributed by atoms with E-state index in [2.05, 4.69) is 24.9 Å². The smallest absolute Gasteiger partial charge is 0.243 e. The van der Waals surface area contributed by atoms with Crippen LogP contribution in [0.1, 0.15) is 12.8 Å². The van der Waals surface area contributed by atoms with E-state index in [1.165, 1.54) is 25.0 Å². The maximum atomic E-state index is 14.1. The van der Waals surface area contributed by atoms with E-state index >= 15 is 0 Å². The third-order valence-corrected chi connectivity index (χ3v) is 9.21. The number of furan rings is 1. The SMILES string of the molecule is COc1cccc(OC)c1-n1c(NS(=O)(=O)[C@H]2C[C@@H](C(=O)N3CCC3)CN(c3ncc(F)cn3)C2)nnc1-c1ccco1. The van der Waals surface area contributed by atoms with Crippen LogP contribution in [0, 0.1) is 11.7 Å². The molecule has 0 spiro atoms. The number of ether oxygens (including phenoxy) is 2. The molecule has 2 aliphatic rings. The second kappa shape index (κ2) is 11.5. The second-order valence-corrected chi connectivity index (χ2v) is 12.1. The molecule has 43 heavy (non-hydrogen) atoms. The average molecular weight is 613 g/mol. The van der Waals surface area contributed by atoms with Crippen molar-refractivity contribution in [2.24, 2.45) is 5.92 Å². The molecular weight excluding hydrogens is 583 g/mol. The van der Waals surface area contributed by atoms with Crippen molar-refractivity contribution in [3.8, 4) is 28.8 Å². The van der Waals surface area contributed by atoms with Gasteiger partial charge in [0.05, 0.1) is 44.0 Å². The summed E-state index contributed by atoms with van der Waals surface area (Å²) in [6, 6.07) is 8.44. The van der Waals surface area contributed by atoms with Crippen molar-refractivity contribution in [1.29, 1.82) is 0 Å². The molecule has 6 rings (SSSR count). The molecule has 16 heteroatoms. The topological polar surface area (TPSA) is 158 Å². The lowest BCUT2D eigenvalue weighted by atomic mass is 9.95. The third kappa shape index (κ3) is 5.45. The Morgan fingerprint density at radius 1 is 1.05 bits per heavy atom. The van der Waals surface area contributed by atoms with Gasteiger partial charge in [0.15, 0.2) is 11.6 Å². The highest BCUT2D eigenvalue weighted by molar-refractivity contribution is 7.93. The van der Waals surface area contributed by atoms with Crippen LogP contribution in [-0.4, -0.2) is 89.6 Å². The molecule has 3 aromatic heterocycles. The van der Waals surface area contributed by atoms with Gasteiger partial charge >= 0.3 is 0 Å². The van der Waals surface area contributed by atoms with E-state index in [9.17, 15) is 17.6 Å². The lowest BCUT2D eigenvalue weighted by Gasteiger charge is -2.40. The minimum Gasteiger partial charge on any atom is -0.494 e. The van der Waals surface area contributed by atoms with Gasteiger partial charge < -0.3 is 23.7 Å². The summed E-state index contributed by atoms with van der Waals surface area (Å²) in [5, 5.41) is 7.31. The number of sulfonamides is 1. The van der Waals surface area contributed by atoms with Gasteiger partial charge in [0, 0.05) is 26.2 Å². The highest BCUT2D eigenvalue weighted by Crippen LogP contribution is 2.38. The zero-order valence-electron chi connectivity index (χ0n) is 23.4. The number of piperidine rings is 1. The molecule has 1 amide bonds. The number of hydrogen-bond acceptors (Lipinski definition) is 11. The number of hydrogen-bond donors (Lipinski definition) is 1. The lowest BCUT2D eigenvalue weighted by Crippen LogP contribution is -2.55. The molecule has 5 heterocycles. The van der Waals surface area contributed by atoms with Crippen molar-refractivity contribution in [2.75, 3.05) is 50.0 Å². The van der Waals surface area contributed by atoms with E-state index in [1.54, 1.807) is 40.1 Å². The Kier molecular flexibility index (Phi) is 7.60. The molecule has 1 N–H and O–H groups in total. The van der Waals surface area contributed by atoms with Gasteiger partial charge in [-0.05, 0) is 37.1 Å². The van der Waals surface area contributed by atoms with Gasteiger partial charge in [0.2, 0.25) is 33.7 Å². The number of carbonyl (C=O) groups is 1. The molecule has 0 unspecified atom stereocenters. The summed E-state index contributed by atoms with van der Waals surface area (Å²) < 4.78 is 62.5. The molecule has 0 bridgehead atoms. The summed E-state index contributed by atoms with van der Waals surface area (Å²) in [6.45, 7) is 1.40. The van der Waals surface area contributed by atoms with Crippen LogP contribution >= 0.6 is 0 Å². The first kappa shape index (κ1) is 28.4. The molecule has 0 radical (unpaired) electrons. The molecule has 2 atom stereocenters. The van der Waals surface area contributed by atoms with Crippen molar-refractivity contribution >= 4 is 27.8 Å². The quantitative estimate of drug-likeness (QED) is 0.296. The number of halogens is 1. The predicted molar refractivity (Wildman–Crippen MR) is 152 cm³/mol. The summed E-state index contributed by atoms with van der Waals surface area (Å²) in [6.07, 6.45) is 4.42. The van der Waals surface area contributed by atoms with Crippen LogP contribution in [0.5, 0.6) is 11.5 Å². The summed E-state index contributed by atoms with van der Waals surface area (Å²) >= 11 is 0. The maximum absolute atomic E-state index is 14.1. The number of carbonyl (C=O) groups excluding carboxylic acids is 1. The Balaban J connectivity index is 1.39. The largest absolute Gasteiger partial charge is 0.494 e. The normalized spacial score (nSPS) is 18.7. The fourth-order valence-electron chi connectivity index (χ4n) is 5.27. The minimum absolute atomic E-state index is 0.0398. The number of nitrogens with zero attached hydrogens (tertiary/aromatic N) is 7. The monoisotopic (exact) mass is 612 g/mol. The highest BCUT2D eigenvalue weighted by Gasteiger charge is 2.42. The molecule has 1 aromatic carbocycles. The van der Waals surface area contributed by atoms with Crippen LogP contribution in [0.2, 0.25) is 0 Å². The fourth-order valence-corrected chi connectivity index (χ4v) is 6.69. The van der Waals surface area contributed by atoms with Crippen LogP contribution in [0.4, 0.5) is 16.3 Å². The van der Waals surface area contributed by atoms with Gasteiger partial charge in [-0.1, -0.05) is 6.07 Å². The standard InChI is InChI=1S/C27H29FN8O6S/c1-40-20-6-3-7-21(41-2)23(20)36-24(22-8-4-11-42-22)31-32-27(36)33-43(38,39)19-12-17(25(37)34-9-5-10-34)15-35(16-19)26-29-13-18(28)14-30-26/h3-4,6-8,11,13-14,17,19H,5,9-10,12,15-16H2,1-2H3,(H,32,33)/t17-,19+/m1/s1. The molecule has 2 fully saturated rings. The Morgan fingerprint density at radius 2 is 1.77 bits per heavy atom. The highest BCUT2D eigenvalue weighted by atomic mass is 32.2. The number of benzene rings is 1. The molecule has 0 saturated carbocycles. The molecule has 2 aliphatic heterocycles. The third-order valence-electron chi connectivity index (χ3n) is 7.52. The van der Waals surface area contributed by atoms with Crippen molar-refractivity contribution in [3.05, 3.63) is 54.8 Å². The molecule has 2 saturated heterocycles. The van der Waals surface area contributed by atoms with E-state index in [0.717, 1.165) is 18.8 Å². The number of para-hydroxylation sites is 1. The van der Waals surface area contributed by atoms with Crippen molar-refractivity contribution in [3.63, 3.8) is 0 Å². The van der Waals surface area contributed by atoms with Crippen LogP contribution < -0.4 is 19.1 Å². The van der Waals surface area contributed by atoms with Gasteiger partial charge in [-0.2, -0.15) is 0 Å². The second-order valence-electron chi connectivity index (χ2n) is 10.2. The minimum atomic E-state index is -4.22. The lowest BCUT2D eigenvalue weighted by molar-refractivity contribution is -0.139. The van der Waals surface area contributed by atoms with Crippen LogP contribution in [0.3, 0.4) is 0 Å². The molecule has 0 aliphatic carbocycles. The Hall–Kier alpha value is -4.73. The van der Waals surface area contributed by atoms with Crippen LogP contribution in [0.25, 0.3) is 17.3 Å². The number of anilines is 2. The van der Waals surface area contributed by atoms with Crippen LogP contribution in [0.15, 0.2) is 53.4 Å². The van der Waals surface area contributed by atoms with E-state index in [1.807, 2.05) is 0 Å². The number of amides is 1. The zero-order chi connectivity index (χ0) is 30.1. The van der Waals surface area contributed by atoms with E-state index < -0.39 is 27.0 Å². The van der Waals surface area contributed by atoms with Gasteiger partial charge in [-0.3, -0.25) is 14.1 Å². The fraction of sp³-hybridized carbons (Fsp3) is 0.370. The van der Waals surface area contributed by atoms with Crippen LogP contribution in [-0.2, 0) is 14.8 Å². The summed E-state index contributed by atoms with van der Waals surface area (Å²) in [7, 11) is -1.27. The zero-order valence-corrected chi connectivity index (χ0v) is 24.2. The van der Waals surface area contributed by atoms with E-state index in [0.29, 0.717) is 36.0 Å². The summed E-state index contributed by atoms with van der Waals surface area (Å²) in [4.78, 5) is 24.6. The van der Waals surface area contributed by atoms with E-state index in [4.69, 9.17) is 13.9 Å². The first-order chi connectivity index (χ1) is 20.8. The number of likely N-dealkylation sites (tertiary alicyclic amines) is 1. The average Bonchev–Trinajstić information content (AvgIpc) is 3.66. The predicted octanol–water partition coefficient (Wildman–Crippen LogP) is 2.34. The van der Waals surface area contributed by atoms with Gasteiger partial charge in [0.25, 0.3) is 0 Å². The number of rotatable bonds is 9. The van der Waals surface area contributed by atoms with Crippen molar-refractivity contribution in [1.82, 2.24) is 29.6 Å². The number of nitrogens with one attached hydrogen (secondary N) is 1. The molecular formula is C27H29FN8O6S. The van der Waals surface area contributed by atoms with Crippen molar-refractivity contribution in [2.45, 2.75) is 18.1 Å². The molecule has 226 valence electrons. The Labute approximate surface area is 246 Å². The summed E-state index contributed by atoms with van der Waals surface area (Å²) in [5.74, 6) is -0.173. The van der Waals surface area contributed by atoms with Gasteiger partial charge in [-0.25, -0.2) is 22.8 Å². The molecule has 4 aromatic rings. The Morgan fingerprint density at radius 3 is 2.37 bits per heavy atom. The number of aromatic nitrogens is 5. The van der Waals surface area contributed by atoms with E-state index in [-0.39, 0.29) is 43.1 Å². The number of methoxy groups -OCH3 is 2. The first-order valence-corrected chi connectivity index (χ1v) is 15.1. The maximum Gasteiger partial charge on any atom is 0.243 e.